The molecule has 5 heteroatoms. The molecule has 1 aliphatic heterocycles. The van der Waals surface area contributed by atoms with E-state index >= 15 is 0 Å². The maximum Gasteiger partial charge on any atom is 0.321 e. The molecule has 0 radical (unpaired) electrons. The number of amides is 3. The highest BCUT2D eigenvalue weighted by atomic mass is 16.2. The quantitative estimate of drug-likeness (QED) is 0.893. The van der Waals surface area contributed by atoms with Gasteiger partial charge in [0.1, 0.15) is 0 Å². The Labute approximate surface area is 125 Å². The SMILES string of the molecule is CC[C@@H](C)C(=O)Nc1ccccc1NC(=O)N1CCCC1. The Kier molecular flexibility index (Phi) is 5.20. The van der Waals surface area contributed by atoms with Gasteiger partial charge in [0.15, 0.2) is 0 Å². The number of carbonyl (C=O) groups is 2. The second-order valence-electron chi connectivity index (χ2n) is 5.47. The van der Waals surface area contributed by atoms with Crippen molar-refractivity contribution in [2.24, 2.45) is 5.92 Å². The van der Waals surface area contributed by atoms with Gasteiger partial charge in [-0.1, -0.05) is 26.0 Å². The third kappa shape index (κ3) is 3.97. The molecule has 1 saturated heterocycles. The fraction of sp³-hybridized carbons (Fsp3) is 0.500. The number of hydrogen-bond acceptors (Lipinski definition) is 2. The number of likely N-dealkylation sites (tertiary alicyclic amines) is 1. The van der Waals surface area contributed by atoms with Crippen LogP contribution in [0.15, 0.2) is 24.3 Å². The second-order valence-corrected chi connectivity index (χ2v) is 5.47. The molecule has 0 aliphatic carbocycles. The topological polar surface area (TPSA) is 61.4 Å². The van der Waals surface area contributed by atoms with Crippen molar-refractivity contribution in [2.75, 3.05) is 23.7 Å². The summed E-state index contributed by atoms with van der Waals surface area (Å²) in [5.41, 5.74) is 1.29. The number of urea groups is 1. The minimum atomic E-state index is -0.0993. The van der Waals surface area contributed by atoms with E-state index in [0.29, 0.717) is 11.4 Å². The molecule has 2 N–H and O–H groups in total. The van der Waals surface area contributed by atoms with E-state index in [1.54, 1.807) is 17.0 Å². The van der Waals surface area contributed by atoms with E-state index in [4.69, 9.17) is 0 Å². The lowest BCUT2D eigenvalue weighted by molar-refractivity contribution is -0.119. The van der Waals surface area contributed by atoms with Crippen LogP contribution in [-0.4, -0.2) is 29.9 Å². The fourth-order valence-electron chi connectivity index (χ4n) is 2.26. The van der Waals surface area contributed by atoms with Crippen LogP contribution in [0.25, 0.3) is 0 Å². The van der Waals surface area contributed by atoms with Crippen LogP contribution in [0.4, 0.5) is 16.2 Å². The van der Waals surface area contributed by atoms with Gasteiger partial charge in [0, 0.05) is 19.0 Å². The predicted molar refractivity (Wildman–Crippen MR) is 84.4 cm³/mol. The van der Waals surface area contributed by atoms with Gasteiger partial charge in [-0.25, -0.2) is 4.79 Å². The Hall–Kier alpha value is -2.04. The molecule has 1 heterocycles. The summed E-state index contributed by atoms with van der Waals surface area (Å²) in [7, 11) is 0. The molecule has 1 fully saturated rings. The van der Waals surface area contributed by atoms with Gasteiger partial charge < -0.3 is 15.5 Å². The van der Waals surface area contributed by atoms with Crippen LogP contribution < -0.4 is 10.6 Å². The van der Waals surface area contributed by atoms with E-state index in [-0.39, 0.29) is 17.9 Å². The number of carbonyl (C=O) groups excluding carboxylic acids is 2. The number of nitrogens with one attached hydrogen (secondary N) is 2. The number of hydrogen-bond donors (Lipinski definition) is 2. The van der Waals surface area contributed by atoms with Crippen molar-refractivity contribution in [3.8, 4) is 0 Å². The van der Waals surface area contributed by atoms with Gasteiger partial charge in [0.05, 0.1) is 11.4 Å². The van der Waals surface area contributed by atoms with Gasteiger partial charge in [-0.05, 0) is 31.4 Å². The molecular formula is C16H23N3O2. The first kappa shape index (κ1) is 15.4. The molecule has 0 aromatic heterocycles. The zero-order valence-corrected chi connectivity index (χ0v) is 12.7. The summed E-state index contributed by atoms with van der Waals surface area (Å²) in [6.07, 6.45) is 2.90. The number of rotatable bonds is 4. The number of para-hydroxylation sites is 2. The molecule has 0 bridgehead atoms. The maximum atomic E-state index is 12.1. The smallest absolute Gasteiger partial charge is 0.321 e. The largest absolute Gasteiger partial charge is 0.325 e. The zero-order valence-electron chi connectivity index (χ0n) is 12.7. The first-order chi connectivity index (χ1) is 10.1. The summed E-state index contributed by atoms with van der Waals surface area (Å²) in [6, 6.07) is 7.20. The van der Waals surface area contributed by atoms with E-state index in [0.717, 1.165) is 32.4 Å². The first-order valence-corrected chi connectivity index (χ1v) is 7.57. The molecule has 0 saturated carbocycles. The highest BCUT2D eigenvalue weighted by Gasteiger charge is 2.19. The molecule has 21 heavy (non-hydrogen) atoms. The summed E-state index contributed by atoms with van der Waals surface area (Å²) < 4.78 is 0. The van der Waals surface area contributed by atoms with Gasteiger partial charge >= 0.3 is 6.03 Å². The lowest BCUT2D eigenvalue weighted by Gasteiger charge is -2.19. The van der Waals surface area contributed by atoms with E-state index < -0.39 is 0 Å². The van der Waals surface area contributed by atoms with Crippen molar-refractivity contribution < 1.29 is 9.59 Å². The zero-order chi connectivity index (χ0) is 15.2. The standard InChI is InChI=1S/C16H23N3O2/c1-3-12(2)15(20)17-13-8-4-5-9-14(13)18-16(21)19-10-6-7-11-19/h4-5,8-9,12H,3,6-7,10-11H2,1-2H3,(H,17,20)(H,18,21)/t12-/m1/s1. The lowest BCUT2D eigenvalue weighted by atomic mass is 10.1. The summed E-state index contributed by atoms with van der Waals surface area (Å²) in [4.78, 5) is 25.9. The van der Waals surface area contributed by atoms with Crippen LogP contribution >= 0.6 is 0 Å². The molecule has 5 nitrogen and oxygen atoms in total. The van der Waals surface area contributed by atoms with Gasteiger partial charge in [0.25, 0.3) is 0 Å². The summed E-state index contributed by atoms with van der Waals surface area (Å²) in [5, 5.41) is 5.77. The Balaban J connectivity index is 2.05. The van der Waals surface area contributed by atoms with Crippen molar-refractivity contribution in [1.29, 1.82) is 0 Å². The molecule has 0 unspecified atom stereocenters. The van der Waals surface area contributed by atoms with Crippen LogP contribution in [0.3, 0.4) is 0 Å². The molecule has 114 valence electrons. The molecule has 1 aromatic carbocycles. The van der Waals surface area contributed by atoms with Crippen LogP contribution in [0.1, 0.15) is 33.1 Å². The summed E-state index contributed by atoms with van der Waals surface area (Å²) >= 11 is 0. The summed E-state index contributed by atoms with van der Waals surface area (Å²) in [6.45, 7) is 5.46. The normalized spacial score (nSPS) is 15.6. The van der Waals surface area contributed by atoms with Crippen molar-refractivity contribution >= 4 is 23.3 Å². The number of nitrogens with zero attached hydrogens (tertiary/aromatic N) is 1. The van der Waals surface area contributed by atoms with E-state index in [1.165, 1.54) is 0 Å². The van der Waals surface area contributed by atoms with Crippen molar-refractivity contribution in [1.82, 2.24) is 4.90 Å². The molecule has 3 amide bonds. The van der Waals surface area contributed by atoms with Crippen molar-refractivity contribution in [2.45, 2.75) is 33.1 Å². The monoisotopic (exact) mass is 289 g/mol. The molecular weight excluding hydrogens is 266 g/mol. The average Bonchev–Trinajstić information content (AvgIpc) is 3.02. The van der Waals surface area contributed by atoms with E-state index in [9.17, 15) is 9.59 Å². The second kappa shape index (κ2) is 7.11. The third-order valence-corrected chi connectivity index (χ3v) is 3.88. The van der Waals surface area contributed by atoms with Gasteiger partial charge in [-0.3, -0.25) is 4.79 Å². The van der Waals surface area contributed by atoms with Gasteiger partial charge in [0.2, 0.25) is 5.91 Å². The third-order valence-electron chi connectivity index (χ3n) is 3.88. The summed E-state index contributed by atoms with van der Waals surface area (Å²) in [5.74, 6) is -0.0762. The Morgan fingerprint density at radius 1 is 1.14 bits per heavy atom. The van der Waals surface area contributed by atoms with Crippen LogP contribution in [0.5, 0.6) is 0 Å². The lowest BCUT2D eigenvalue weighted by Crippen LogP contribution is -2.32. The fourth-order valence-corrected chi connectivity index (χ4v) is 2.26. The predicted octanol–water partition coefficient (Wildman–Crippen LogP) is 3.30. The molecule has 1 atom stereocenters. The minimum absolute atomic E-state index is 0.0274. The first-order valence-electron chi connectivity index (χ1n) is 7.57. The Morgan fingerprint density at radius 3 is 2.29 bits per heavy atom. The van der Waals surface area contributed by atoms with Crippen LogP contribution in [-0.2, 0) is 4.79 Å². The Bertz CT molecular complexity index is 510. The van der Waals surface area contributed by atoms with Crippen molar-refractivity contribution in [3.05, 3.63) is 24.3 Å². The molecule has 2 rings (SSSR count). The highest BCUT2D eigenvalue weighted by molar-refractivity contribution is 5.99. The van der Waals surface area contributed by atoms with Crippen molar-refractivity contribution in [3.63, 3.8) is 0 Å². The van der Waals surface area contributed by atoms with Crippen LogP contribution in [0.2, 0.25) is 0 Å². The van der Waals surface area contributed by atoms with E-state index in [2.05, 4.69) is 10.6 Å². The number of anilines is 2. The molecule has 1 aliphatic rings. The molecule has 1 aromatic rings. The minimum Gasteiger partial charge on any atom is -0.325 e. The maximum absolute atomic E-state index is 12.1. The number of benzene rings is 1. The average molecular weight is 289 g/mol. The Morgan fingerprint density at radius 2 is 1.71 bits per heavy atom. The van der Waals surface area contributed by atoms with E-state index in [1.807, 2.05) is 26.0 Å². The highest BCUT2D eigenvalue weighted by Crippen LogP contribution is 2.23. The van der Waals surface area contributed by atoms with Crippen LogP contribution in [0, 0.1) is 5.92 Å². The van der Waals surface area contributed by atoms with Gasteiger partial charge in [-0.2, -0.15) is 0 Å². The molecule has 0 spiro atoms. The van der Waals surface area contributed by atoms with Gasteiger partial charge in [-0.15, -0.1) is 0 Å².